The van der Waals surface area contributed by atoms with Crippen LogP contribution >= 0.6 is 0 Å². The van der Waals surface area contributed by atoms with Crippen LogP contribution in [0.4, 0.5) is 0 Å². The number of hydrogen-bond acceptors (Lipinski definition) is 4. The molecular formula is C30H42N4O2. The monoisotopic (exact) mass is 490 g/mol. The summed E-state index contributed by atoms with van der Waals surface area (Å²) in [5.41, 5.74) is 8.51. The summed E-state index contributed by atoms with van der Waals surface area (Å²) in [4.78, 5) is 31.1. The van der Waals surface area contributed by atoms with Gasteiger partial charge in [-0.2, -0.15) is 0 Å². The molecule has 6 nitrogen and oxygen atoms in total. The number of hydrogen-bond donors (Lipinski definition) is 2. The van der Waals surface area contributed by atoms with Crippen molar-refractivity contribution in [1.82, 2.24) is 15.1 Å². The SMILES string of the molecule is CCC(C)C(NC(=O)C(C)N)C(=O)N1CC(c2ccccc2)CC1CN1CCC(c2ccccc2)C1. The van der Waals surface area contributed by atoms with Crippen LogP contribution < -0.4 is 11.1 Å². The van der Waals surface area contributed by atoms with E-state index in [9.17, 15) is 9.59 Å². The zero-order valence-electron chi connectivity index (χ0n) is 22.0. The fraction of sp³-hybridized carbons (Fsp3) is 0.533. The molecule has 0 saturated carbocycles. The third-order valence-corrected chi connectivity index (χ3v) is 8.17. The van der Waals surface area contributed by atoms with Crippen molar-refractivity contribution in [3.63, 3.8) is 0 Å². The number of carbonyl (C=O) groups is 2. The lowest BCUT2D eigenvalue weighted by Crippen LogP contribution is -2.56. The minimum absolute atomic E-state index is 0.0283. The largest absolute Gasteiger partial charge is 0.343 e. The van der Waals surface area contributed by atoms with Crippen LogP contribution in [0, 0.1) is 5.92 Å². The minimum atomic E-state index is -0.643. The average Bonchev–Trinajstić information content (AvgIpc) is 3.55. The van der Waals surface area contributed by atoms with Crippen LogP contribution in [-0.2, 0) is 9.59 Å². The molecule has 0 radical (unpaired) electrons. The number of amides is 2. The van der Waals surface area contributed by atoms with Crippen LogP contribution in [0.2, 0.25) is 0 Å². The van der Waals surface area contributed by atoms with Gasteiger partial charge in [-0.05, 0) is 49.3 Å². The Balaban J connectivity index is 1.52. The van der Waals surface area contributed by atoms with E-state index in [-0.39, 0.29) is 23.8 Å². The van der Waals surface area contributed by atoms with Crippen molar-refractivity contribution < 1.29 is 9.59 Å². The molecule has 2 saturated heterocycles. The van der Waals surface area contributed by atoms with Crippen molar-refractivity contribution in [1.29, 1.82) is 0 Å². The first-order valence-corrected chi connectivity index (χ1v) is 13.6. The number of benzene rings is 2. The van der Waals surface area contributed by atoms with Gasteiger partial charge in [-0.25, -0.2) is 0 Å². The van der Waals surface area contributed by atoms with Crippen molar-refractivity contribution in [2.75, 3.05) is 26.2 Å². The van der Waals surface area contributed by atoms with Crippen LogP contribution in [0.5, 0.6) is 0 Å². The molecule has 6 heteroatoms. The van der Waals surface area contributed by atoms with Crippen molar-refractivity contribution in [2.24, 2.45) is 11.7 Å². The van der Waals surface area contributed by atoms with Crippen molar-refractivity contribution in [3.05, 3.63) is 71.8 Å². The Hall–Kier alpha value is -2.70. The van der Waals surface area contributed by atoms with Gasteiger partial charge in [0.1, 0.15) is 6.04 Å². The second kappa shape index (κ2) is 12.0. The van der Waals surface area contributed by atoms with Gasteiger partial charge in [-0.15, -0.1) is 0 Å². The highest BCUT2D eigenvalue weighted by Crippen LogP contribution is 2.35. The van der Waals surface area contributed by atoms with E-state index in [1.807, 2.05) is 13.0 Å². The Labute approximate surface area is 216 Å². The molecule has 0 bridgehead atoms. The zero-order valence-corrected chi connectivity index (χ0v) is 22.0. The van der Waals surface area contributed by atoms with Crippen LogP contribution in [0.25, 0.3) is 0 Å². The van der Waals surface area contributed by atoms with Gasteiger partial charge in [0.05, 0.1) is 6.04 Å². The smallest absolute Gasteiger partial charge is 0.245 e. The van der Waals surface area contributed by atoms with E-state index in [2.05, 4.69) is 76.6 Å². The Kier molecular flexibility index (Phi) is 8.81. The molecule has 0 spiro atoms. The van der Waals surface area contributed by atoms with E-state index in [1.54, 1.807) is 6.92 Å². The highest BCUT2D eigenvalue weighted by atomic mass is 16.2. The molecule has 2 heterocycles. The van der Waals surface area contributed by atoms with Gasteiger partial charge in [0.25, 0.3) is 0 Å². The molecule has 194 valence electrons. The van der Waals surface area contributed by atoms with Gasteiger partial charge in [0, 0.05) is 31.6 Å². The number of likely N-dealkylation sites (tertiary alicyclic amines) is 2. The molecule has 2 aliphatic rings. The summed E-state index contributed by atoms with van der Waals surface area (Å²) >= 11 is 0. The highest BCUT2D eigenvalue weighted by Gasteiger charge is 2.41. The summed E-state index contributed by atoms with van der Waals surface area (Å²) in [7, 11) is 0. The topological polar surface area (TPSA) is 78.7 Å². The fourth-order valence-electron chi connectivity index (χ4n) is 5.77. The van der Waals surface area contributed by atoms with Gasteiger partial charge >= 0.3 is 0 Å². The second-order valence-electron chi connectivity index (χ2n) is 10.8. The third kappa shape index (κ3) is 6.16. The van der Waals surface area contributed by atoms with E-state index in [1.165, 1.54) is 11.1 Å². The molecule has 2 aromatic rings. The lowest BCUT2D eigenvalue weighted by molar-refractivity contribution is -0.139. The summed E-state index contributed by atoms with van der Waals surface area (Å²) in [6, 6.07) is 20.2. The zero-order chi connectivity index (χ0) is 25.7. The summed E-state index contributed by atoms with van der Waals surface area (Å²) in [6.07, 6.45) is 2.89. The number of carbonyl (C=O) groups excluding carboxylic acids is 2. The Morgan fingerprint density at radius 1 is 0.972 bits per heavy atom. The predicted molar refractivity (Wildman–Crippen MR) is 145 cm³/mol. The molecule has 6 atom stereocenters. The molecule has 3 N–H and O–H groups in total. The minimum Gasteiger partial charge on any atom is -0.343 e. The molecule has 0 aromatic heterocycles. The maximum atomic E-state index is 14.0. The normalized spacial score (nSPS) is 24.9. The van der Waals surface area contributed by atoms with Crippen molar-refractivity contribution in [3.8, 4) is 0 Å². The Morgan fingerprint density at radius 2 is 1.58 bits per heavy atom. The van der Waals surface area contributed by atoms with Gasteiger partial charge in [-0.1, -0.05) is 80.9 Å². The lowest BCUT2D eigenvalue weighted by atomic mass is 9.96. The molecule has 2 amide bonds. The fourth-order valence-corrected chi connectivity index (χ4v) is 5.77. The summed E-state index contributed by atoms with van der Waals surface area (Å²) in [5.74, 6) is 0.634. The van der Waals surface area contributed by atoms with Crippen LogP contribution in [-0.4, -0.2) is 65.9 Å². The van der Waals surface area contributed by atoms with Crippen LogP contribution in [0.1, 0.15) is 63.0 Å². The van der Waals surface area contributed by atoms with Crippen LogP contribution in [0.3, 0.4) is 0 Å². The highest BCUT2D eigenvalue weighted by molar-refractivity contribution is 5.90. The first kappa shape index (κ1) is 26.4. The van der Waals surface area contributed by atoms with E-state index < -0.39 is 12.1 Å². The van der Waals surface area contributed by atoms with Crippen molar-refractivity contribution >= 4 is 11.8 Å². The Morgan fingerprint density at radius 3 is 2.17 bits per heavy atom. The Bertz CT molecular complexity index is 997. The molecule has 2 aliphatic heterocycles. The van der Waals surface area contributed by atoms with Crippen LogP contribution in [0.15, 0.2) is 60.7 Å². The molecule has 4 rings (SSSR count). The quantitative estimate of drug-likeness (QED) is 0.561. The van der Waals surface area contributed by atoms with Gasteiger partial charge in [0.2, 0.25) is 11.8 Å². The molecular weight excluding hydrogens is 448 g/mol. The molecule has 2 aromatic carbocycles. The predicted octanol–water partition coefficient (Wildman–Crippen LogP) is 3.74. The standard InChI is InChI=1S/C30H42N4O2/c1-4-21(2)28(32-29(35)22(3)31)30(36)34-19-26(24-13-9-6-10-14-24)17-27(34)20-33-16-15-25(18-33)23-11-7-5-8-12-23/h5-14,21-22,25-28H,4,15-20,31H2,1-3H3,(H,32,35). The molecule has 0 aliphatic carbocycles. The van der Waals surface area contributed by atoms with Gasteiger partial charge in [-0.3, -0.25) is 9.59 Å². The summed E-state index contributed by atoms with van der Waals surface area (Å²) in [5, 5.41) is 2.97. The molecule has 36 heavy (non-hydrogen) atoms. The van der Waals surface area contributed by atoms with E-state index in [0.717, 1.165) is 38.9 Å². The second-order valence-corrected chi connectivity index (χ2v) is 10.8. The van der Waals surface area contributed by atoms with E-state index in [4.69, 9.17) is 5.73 Å². The summed E-state index contributed by atoms with van der Waals surface area (Å²) in [6.45, 7) is 9.38. The number of nitrogens with one attached hydrogen (secondary N) is 1. The maximum Gasteiger partial charge on any atom is 0.245 e. The lowest BCUT2D eigenvalue weighted by Gasteiger charge is -2.34. The first-order valence-electron chi connectivity index (χ1n) is 13.6. The van der Waals surface area contributed by atoms with E-state index in [0.29, 0.717) is 18.4 Å². The number of rotatable bonds is 9. The van der Waals surface area contributed by atoms with E-state index >= 15 is 0 Å². The molecule has 6 unspecified atom stereocenters. The third-order valence-electron chi connectivity index (χ3n) is 8.17. The number of nitrogens with zero attached hydrogens (tertiary/aromatic N) is 2. The van der Waals surface area contributed by atoms with Gasteiger partial charge < -0.3 is 20.9 Å². The van der Waals surface area contributed by atoms with Gasteiger partial charge in [0.15, 0.2) is 0 Å². The molecule has 2 fully saturated rings. The maximum absolute atomic E-state index is 14.0. The number of nitrogens with two attached hydrogens (primary N) is 1. The average molecular weight is 491 g/mol. The van der Waals surface area contributed by atoms with Crippen molar-refractivity contribution in [2.45, 2.75) is 70.0 Å². The summed E-state index contributed by atoms with van der Waals surface area (Å²) < 4.78 is 0. The first-order chi connectivity index (χ1) is 17.4.